The molecular weight excluding hydrogens is 882 g/mol. The zero-order valence-electron chi connectivity index (χ0n) is 40.0. The van der Waals surface area contributed by atoms with E-state index in [1.54, 1.807) is 12.2 Å². The van der Waals surface area contributed by atoms with Crippen molar-refractivity contribution in [1.29, 1.82) is 0 Å². The minimum atomic E-state index is -4.90. The lowest BCUT2D eigenvalue weighted by Gasteiger charge is -2.20. The fourth-order valence-electron chi connectivity index (χ4n) is 7.91. The van der Waals surface area contributed by atoms with E-state index in [4.69, 9.17) is 28.3 Å². The Kier molecular flexibility index (Phi) is 35.3. The van der Waals surface area contributed by atoms with Gasteiger partial charge in [-0.2, -0.15) is 0 Å². The zero-order valence-corrected chi connectivity index (χ0v) is 41.8. The maximum Gasteiger partial charge on any atom is 0.472 e. The molecule has 65 heavy (non-hydrogen) atoms. The van der Waals surface area contributed by atoms with Gasteiger partial charge >= 0.3 is 27.6 Å². The average molecular weight is 971 g/mol. The van der Waals surface area contributed by atoms with Crippen LogP contribution in [-0.4, -0.2) is 98.6 Å². The minimum Gasteiger partial charge on any atom is -0.462 e. The molecule has 6 N–H and O–H groups in total. The Morgan fingerprint density at radius 2 is 1.15 bits per heavy atom. The Morgan fingerprint density at radius 3 is 1.71 bits per heavy atom. The number of phosphoric ester groups is 2. The van der Waals surface area contributed by atoms with E-state index in [1.165, 1.54) is 77.0 Å². The number of rotatable bonds is 43. The van der Waals surface area contributed by atoms with Crippen LogP contribution < -0.4 is 0 Å². The zero-order chi connectivity index (χ0) is 48.4. The second-order valence-corrected chi connectivity index (χ2v) is 21.1. The lowest BCUT2D eigenvalue weighted by Crippen LogP contribution is -2.30. The van der Waals surface area contributed by atoms with Gasteiger partial charge in [-0.25, -0.2) is 9.13 Å². The van der Waals surface area contributed by atoms with E-state index in [0.717, 1.165) is 50.9 Å². The highest BCUT2D eigenvalue weighted by molar-refractivity contribution is 7.47. The fraction of sp³-hybridized carbons (Fsp3) is 0.894. The Labute approximate surface area is 390 Å². The third-order valence-electron chi connectivity index (χ3n) is 11.7. The summed E-state index contributed by atoms with van der Waals surface area (Å²) in [6.07, 6.45) is 25.3. The molecule has 1 unspecified atom stereocenters. The van der Waals surface area contributed by atoms with Crippen LogP contribution in [0.15, 0.2) is 12.2 Å². The molecule has 382 valence electrons. The molecule has 0 aromatic carbocycles. The third-order valence-corrected chi connectivity index (χ3v) is 13.2. The molecule has 0 amide bonds. The van der Waals surface area contributed by atoms with Gasteiger partial charge in [-0.15, -0.1) is 0 Å². The molecule has 0 radical (unpaired) electrons. The maximum absolute atomic E-state index is 12.8. The second kappa shape index (κ2) is 37.4. The van der Waals surface area contributed by atoms with Gasteiger partial charge in [0.05, 0.1) is 32.0 Å². The number of ketones is 1. The van der Waals surface area contributed by atoms with Crippen LogP contribution in [0.2, 0.25) is 0 Å². The van der Waals surface area contributed by atoms with Gasteiger partial charge in [0, 0.05) is 25.2 Å². The number of allylic oxidation sites excluding steroid dienone is 1. The first kappa shape index (κ1) is 61.5. The van der Waals surface area contributed by atoms with Gasteiger partial charge in [0.2, 0.25) is 0 Å². The largest absolute Gasteiger partial charge is 0.472 e. The van der Waals surface area contributed by atoms with Gasteiger partial charge in [-0.05, 0) is 37.5 Å². The number of ether oxygens (including phenoxy) is 2. The molecular formula is C47H88O16P2. The molecule has 0 heterocycles. The number of esters is 2. The molecule has 16 nitrogen and oxygen atoms in total. The summed E-state index contributed by atoms with van der Waals surface area (Å²) >= 11 is 0. The molecule has 1 aliphatic rings. The summed E-state index contributed by atoms with van der Waals surface area (Å²) in [5.41, 5.74) is 0. The summed E-state index contributed by atoms with van der Waals surface area (Å²) in [7, 11) is -9.77. The number of unbranched alkanes of at least 4 members (excludes halogenated alkanes) is 19. The third kappa shape index (κ3) is 35.3. The first-order valence-electron chi connectivity index (χ1n) is 24.8. The van der Waals surface area contributed by atoms with E-state index in [9.17, 15) is 43.7 Å². The molecule has 0 aromatic heterocycles. The number of carbonyl (C=O) groups is 3. The van der Waals surface area contributed by atoms with Crippen LogP contribution in [0.3, 0.4) is 0 Å². The van der Waals surface area contributed by atoms with Crippen molar-refractivity contribution < 1.29 is 76.6 Å². The predicted molar refractivity (Wildman–Crippen MR) is 249 cm³/mol. The van der Waals surface area contributed by atoms with Crippen molar-refractivity contribution in [1.82, 2.24) is 0 Å². The Bertz CT molecular complexity index is 1370. The predicted octanol–water partition coefficient (Wildman–Crippen LogP) is 9.74. The van der Waals surface area contributed by atoms with Crippen molar-refractivity contribution in [3.05, 3.63) is 12.2 Å². The first-order valence-corrected chi connectivity index (χ1v) is 27.9. The fourth-order valence-corrected chi connectivity index (χ4v) is 9.07. The SMILES string of the molecule is CCCCC[C@H](O)/C=C/[C@H]1C(=O)C[C@H](O)[C@@H]1CCCCCCC(=O)O[C@H](COC(=O)CCCCCCCCCCCCCCCCCC(C)C)COP(=O)(O)OC[C@@H](O)COP(=O)(O)O. The topological polar surface area (TPSA) is 253 Å². The summed E-state index contributed by atoms with van der Waals surface area (Å²) in [5, 5.41) is 30.6. The van der Waals surface area contributed by atoms with Crippen molar-refractivity contribution in [2.24, 2.45) is 17.8 Å². The molecule has 1 saturated carbocycles. The van der Waals surface area contributed by atoms with Gasteiger partial charge < -0.3 is 39.5 Å². The van der Waals surface area contributed by atoms with Gasteiger partial charge in [-0.1, -0.05) is 168 Å². The van der Waals surface area contributed by atoms with E-state index in [0.29, 0.717) is 38.5 Å². The molecule has 0 saturated heterocycles. The van der Waals surface area contributed by atoms with Crippen LogP contribution in [0.1, 0.15) is 201 Å². The summed E-state index contributed by atoms with van der Waals surface area (Å²) in [6.45, 7) is 3.75. The van der Waals surface area contributed by atoms with Crippen molar-refractivity contribution >= 4 is 33.4 Å². The summed E-state index contributed by atoms with van der Waals surface area (Å²) in [5.74, 6) is -1.09. The van der Waals surface area contributed by atoms with Gasteiger partial charge in [-0.3, -0.25) is 28.0 Å². The second-order valence-electron chi connectivity index (χ2n) is 18.4. The van der Waals surface area contributed by atoms with Crippen molar-refractivity contribution in [2.45, 2.75) is 225 Å². The lowest BCUT2D eigenvalue weighted by atomic mass is 9.88. The van der Waals surface area contributed by atoms with Gasteiger partial charge in [0.25, 0.3) is 0 Å². The minimum absolute atomic E-state index is 0.00586. The lowest BCUT2D eigenvalue weighted by molar-refractivity contribution is -0.161. The normalized spacial score (nSPS) is 19.2. The maximum atomic E-state index is 12.8. The molecule has 0 aliphatic heterocycles. The van der Waals surface area contributed by atoms with E-state index in [2.05, 4.69) is 25.3 Å². The molecule has 1 fully saturated rings. The molecule has 1 rings (SSSR count). The van der Waals surface area contributed by atoms with E-state index in [1.807, 2.05) is 0 Å². The standard InChI is InChI=1S/C47H88O16P2/c1-4-5-21-27-39(48)31-32-43-42(44(50)33-45(43)51)28-23-19-20-25-30-47(53)63-41(37-62-65(57,58)61-35-40(49)34-60-64(54,55)56)36-59-46(52)29-24-18-16-14-12-10-8-6-7-9-11-13-15-17-22-26-38(2)3/h31-32,38-44,48-50H,4-30,33-37H2,1-3H3,(H,57,58)(H2,54,55,56)/b32-31+/t39-,40-,41+,42+,43+,44-/m0/s1. The summed E-state index contributed by atoms with van der Waals surface area (Å²) in [6, 6.07) is 0. The molecule has 0 aromatic rings. The monoisotopic (exact) mass is 971 g/mol. The number of aliphatic hydroxyl groups is 3. The van der Waals surface area contributed by atoms with Crippen LogP contribution in [0, 0.1) is 17.8 Å². The highest BCUT2D eigenvalue weighted by atomic mass is 31.2. The number of Topliss-reactive ketones (excluding diaryl/α,β-unsaturated/α-hetero) is 1. The highest BCUT2D eigenvalue weighted by Crippen LogP contribution is 2.44. The van der Waals surface area contributed by atoms with Crippen molar-refractivity contribution in [2.75, 3.05) is 26.4 Å². The Morgan fingerprint density at radius 1 is 0.662 bits per heavy atom. The summed E-state index contributed by atoms with van der Waals surface area (Å²) < 4.78 is 47.9. The summed E-state index contributed by atoms with van der Waals surface area (Å²) in [4.78, 5) is 65.7. The molecule has 1 aliphatic carbocycles. The molecule has 0 bridgehead atoms. The first-order chi connectivity index (χ1) is 30.9. The van der Waals surface area contributed by atoms with Crippen LogP contribution in [0.5, 0.6) is 0 Å². The van der Waals surface area contributed by atoms with Crippen molar-refractivity contribution in [3.8, 4) is 0 Å². The molecule has 0 spiro atoms. The highest BCUT2D eigenvalue weighted by Gasteiger charge is 2.39. The van der Waals surface area contributed by atoms with E-state index >= 15 is 0 Å². The van der Waals surface area contributed by atoms with Crippen LogP contribution in [-0.2, 0) is 46.6 Å². The van der Waals surface area contributed by atoms with Crippen LogP contribution >= 0.6 is 15.6 Å². The van der Waals surface area contributed by atoms with Gasteiger partial charge in [0.1, 0.15) is 18.5 Å². The quantitative estimate of drug-likeness (QED) is 0.0144. The van der Waals surface area contributed by atoms with Crippen LogP contribution in [0.25, 0.3) is 0 Å². The Balaban J connectivity index is 2.47. The smallest absolute Gasteiger partial charge is 0.462 e. The number of phosphoric acid groups is 2. The number of hydrogen-bond acceptors (Lipinski definition) is 13. The molecule has 7 atom stereocenters. The van der Waals surface area contributed by atoms with Crippen LogP contribution in [0.4, 0.5) is 0 Å². The number of aliphatic hydroxyl groups excluding tert-OH is 3. The van der Waals surface area contributed by atoms with Gasteiger partial charge in [0.15, 0.2) is 6.10 Å². The number of hydrogen-bond donors (Lipinski definition) is 6. The van der Waals surface area contributed by atoms with Crippen molar-refractivity contribution in [3.63, 3.8) is 0 Å². The Hall–Kier alpha value is -1.55. The molecule has 18 heteroatoms. The van der Waals surface area contributed by atoms with E-state index in [-0.39, 0.29) is 31.0 Å². The van der Waals surface area contributed by atoms with E-state index < -0.39 is 84.3 Å². The average Bonchev–Trinajstić information content (AvgIpc) is 3.51. The number of carbonyl (C=O) groups excluding carboxylic acids is 3.